The molecule has 70 heavy (non-hydrogen) atoms. The number of amides is 7. The summed E-state index contributed by atoms with van der Waals surface area (Å²) >= 11 is 0. The van der Waals surface area contributed by atoms with Crippen LogP contribution in [0.3, 0.4) is 0 Å². The van der Waals surface area contributed by atoms with E-state index in [0.717, 1.165) is 10.9 Å². The van der Waals surface area contributed by atoms with Crippen LogP contribution in [0.15, 0.2) is 65.8 Å². The average Bonchev–Trinajstić information content (AvgIpc) is 3.73. The van der Waals surface area contributed by atoms with Crippen LogP contribution in [0.4, 0.5) is 0 Å². The number of benzene rings is 2. The molecule has 1 aliphatic heterocycles. The van der Waals surface area contributed by atoms with Crippen molar-refractivity contribution in [3.05, 3.63) is 71.9 Å². The highest BCUT2D eigenvalue weighted by molar-refractivity contribution is 5.98. The van der Waals surface area contributed by atoms with E-state index in [4.69, 9.17) is 22.9 Å². The number of nitrogens with zero attached hydrogens (tertiary/aromatic N) is 1. The fourth-order valence-corrected chi connectivity index (χ4v) is 8.36. The third-order valence-electron chi connectivity index (χ3n) is 12.2. The number of para-hydroxylation sites is 1. The number of aromatic nitrogens is 1. The standard InChI is InChI=1S/C49H70N12O9/c1-3-4-15-36(57-29(2)62)46(68)58-37-17-18-43(65)54-23-20-32(45(67)61-40(44(51)66)25-33-28-56-35-16-9-8-14-34(33)35)27-41(63)31(13-10-22-55-49(52)53)26-42(64)39(24-30-11-6-5-7-12-30)60-48(70)38(19-21-50)59-47(37)69/h5-9,11-12,14,16,28,31-32,36-40,56H,3-4,10,13,15,17-27,50H2,1-2H3,(H2,51,66)(H,54,65)(H,57,62)(H,58,68)(H,59,69)(H,60,70)(H,61,67)(H4,52,53,55)/t31-,32-,36+,37+,38+,39-,40+/m1/s1. The molecule has 2 heterocycles. The topological polar surface area (TPSA) is 358 Å². The molecule has 7 amide bonds. The predicted octanol–water partition coefficient (Wildman–Crippen LogP) is -0.0742. The van der Waals surface area contributed by atoms with E-state index in [0.29, 0.717) is 24.0 Å². The second-order valence-electron chi connectivity index (χ2n) is 17.7. The van der Waals surface area contributed by atoms with Gasteiger partial charge in [-0.1, -0.05) is 68.3 Å². The smallest absolute Gasteiger partial charge is 0.243 e. The van der Waals surface area contributed by atoms with Crippen LogP contribution in [0.25, 0.3) is 10.9 Å². The molecule has 380 valence electrons. The largest absolute Gasteiger partial charge is 0.370 e. The number of aliphatic imine (C=N–C) groups is 1. The lowest BCUT2D eigenvalue weighted by molar-refractivity contribution is -0.135. The van der Waals surface area contributed by atoms with E-state index in [1.165, 1.54) is 6.92 Å². The normalized spacial score (nSPS) is 20.8. The Kier molecular flexibility index (Phi) is 22.5. The summed E-state index contributed by atoms with van der Waals surface area (Å²) in [6.45, 7) is 3.09. The van der Waals surface area contributed by atoms with Crippen molar-refractivity contribution in [2.75, 3.05) is 19.6 Å². The first-order valence-electron chi connectivity index (χ1n) is 23.9. The molecule has 2 aromatic carbocycles. The highest BCUT2D eigenvalue weighted by atomic mass is 16.2. The van der Waals surface area contributed by atoms with Crippen molar-refractivity contribution < 1.29 is 43.2 Å². The predicted molar refractivity (Wildman–Crippen MR) is 263 cm³/mol. The molecule has 0 aliphatic carbocycles. The Bertz CT molecular complexity index is 2320. The van der Waals surface area contributed by atoms with Crippen LogP contribution in [0.2, 0.25) is 0 Å². The van der Waals surface area contributed by atoms with E-state index in [1.807, 2.05) is 31.2 Å². The summed E-state index contributed by atoms with van der Waals surface area (Å²) < 4.78 is 0. The van der Waals surface area contributed by atoms with Gasteiger partial charge in [-0.25, -0.2) is 0 Å². The zero-order valence-electron chi connectivity index (χ0n) is 40.1. The van der Waals surface area contributed by atoms with Gasteiger partial charge in [0.1, 0.15) is 30.0 Å². The van der Waals surface area contributed by atoms with Crippen LogP contribution >= 0.6 is 0 Å². The maximum atomic E-state index is 14.5. The van der Waals surface area contributed by atoms with Gasteiger partial charge in [-0.05, 0) is 68.7 Å². The van der Waals surface area contributed by atoms with Gasteiger partial charge in [-0.15, -0.1) is 0 Å². The number of carbonyl (C=O) groups excluding carboxylic acids is 9. The van der Waals surface area contributed by atoms with E-state index in [9.17, 15) is 43.2 Å². The van der Waals surface area contributed by atoms with Gasteiger partial charge in [0.05, 0.1) is 6.04 Å². The van der Waals surface area contributed by atoms with E-state index in [-0.39, 0.29) is 89.8 Å². The second-order valence-corrected chi connectivity index (χ2v) is 17.7. The van der Waals surface area contributed by atoms with Crippen molar-refractivity contribution in [1.29, 1.82) is 0 Å². The number of ketones is 2. The number of fused-ring (bicyclic) bond motifs is 1. The minimum atomic E-state index is -1.38. The first kappa shape index (κ1) is 55.4. The molecule has 0 spiro atoms. The Morgan fingerprint density at radius 3 is 2.21 bits per heavy atom. The Balaban J connectivity index is 1.73. The van der Waals surface area contributed by atoms with Gasteiger partial charge in [-0.3, -0.25) is 48.1 Å². The number of nitrogens with one attached hydrogen (secondary N) is 7. The summed E-state index contributed by atoms with van der Waals surface area (Å²) in [5, 5.41) is 17.0. The quantitative estimate of drug-likeness (QED) is 0.0427. The number of H-pyrrole nitrogens is 1. The zero-order valence-corrected chi connectivity index (χ0v) is 40.1. The minimum absolute atomic E-state index is 0.00828. The number of aromatic amines is 1. The van der Waals surface area contributed by atoms with E-state index < -0.39 is 101 Å². The molecule has 15 N–H and O–H groups in total. The Morgan fingerprint density at radius 1 is 0.814 bits per heavy atom. The molecule has 1 saturated heterocycles. The lowest BCUT2D eigenvalue weighted by Crippen LogP contribution is -2.58. The third kappa shape index (κ3) is 18.1. The van der Waals surface area contributed by atoms with Crippen molar-refractivity contribution in [2.24, 2.45) is 39.8 Å². The molecule has 4 rings (SSSR count). The van der Waals surface area contributed by atoms with Gasteiger partial charge < -0.3 is 59.8 Å². The molecule has 0 radical (unpaired) electrons. The van der Waals surface area contributed by atoms with Gasteiger partial charge in [0.15, 0.2) is 11.7 Å². The number of guanidine groups is 1. The molecular formula is C49H70N12O9. The third-order valence-corrected chi connectivity index (χ3v) is 12.2. The second kappa shape index (κ2) is 28.4. The molecule has 21 nitrogen and oxygen atoms in total. The average molecular weight is 971 g/mol. The Labute approximate surface area is 407 Å². The van der Waals surface area contributed by atoms with Crippen LogP contribution in [0, 0.1) is 11.8 Å². The molecule has 7 atom stereocenters. The summed E-state index contributed by atoms with van der Waals surface area (Å²) in [5.41, 5.74) is 25.1. The zero-order chi connectivity index (χ0) is 51.2. The molecular weight excluding hydrogens is 901 g/mol. The number of rotatable bonds is 19. The highest BCUT2D eigenvalue weighted by Crippen LogP contribution is 2.24. The number of unbranched alkanes of at least 4 members (excludes halogenated alkanes) is 1. The number of hydrogen-bond acceptors (Lipinski definition) is 11. The number of Topliss-reactive ketones (excluding diaryl/α,β-unsaturated/α-hetero) is 2. The van der Waals surface area contributed by atoms with Crippen LogP contribution in [0.1, 0.15) is 95.6 Å². The summed E-state index contributed by atoms with van der Waals surface area (Å²) in [5.74, 6) is -8.12. The Morgan fingerprint density at radius 2 is 1.53 bits per heavy atom. The molecule has 1 aromatic heterocycles. The lowest BCUT2D eigenvalue weighted by atomic mass is 9.84. The van der Waals surface area contributed by atoms with Gasteiger partial charge >= 0.3 is 0 Å². The monoisotopic (exact) mass is 971 g/mol. The fourth-order valence-electron chi connectivity index (χ4n) is 8.36. The minimum Gasteiger partial charge on any atom is -0.370 e. The van der Waals surface area contributed by atoms with Gasteiger partial charge in [-0.2, -0.15) is 0 Å². The lowest BCUT2D eigenvalue weighted by Gasteiger charge is -2.27. The summed E-state index contributed by atoms with van der Waals surface area (Å²) in [6, 6.07) is 10.2. The molecule has 0 bridgehead atoms. The number of primary amides is 1. The van der Waals surface area contributed by atoms with Crippen LogP contribution < -0.4 is 54.8 Å². The molecule has 0 saturated carbocycles. The SMILES string of the molecule is CCCC[C@H](NC(C)=O)C(=O)N[C@H]1CCC(=O)NCC[C@@H](C(=O)N[C@@H](Cc2c[nH]c3ccccc23)C(N)=O)CC(=O)[C@H](CCCN=C(N)N)CC(=O)[C@@H](Cc2ccccc2)NC(=O)[C@H](CCN)NC1=O. The summed E-state index contributed by atoms with van der Waals surface area (Å²) in [7, 11) is 0. The first-order valence-corrected chi connectivity index (χ1v) is 23.9. The summed E-state index contributed by atoms with van der Waals surface area (Å²) in [4.78, 5) is 131. The van der Waals surface area contributed by atoms with Gasteiger partial charge in [0.25, 0.3) is 0 Å². The summed E-state index contributed by atoms with van der Waals surface area (Å²) in [6.07, 6.45) is 2.17. The van der Waals surface area contributed by atoms with Crippen molar-refractivity contribution in [1.82, 2.24) is 36.9 Å². The molecule has 1 aliphatic rings. The van der Waals surface area contributed by atoms with Crippen molar-refractivity contribution in [2.45, 2.75) is 128 Å². The first-order chi connectivity index (χ1) is 33.5. The van der Waals surface area contributed by atoms with E-state index in [1.54, 1.807) is 36.5 Å². The Hall–Kier alpha value is -7.16. The molecule has 1 fully saturated rings. The van der Waals surface area contributed by atoms with Crippen molar-refractivity contribution in [3.63, 3.8) is 0 Å². The van der Waals surface area contributed by atoms with Gasteiger partial charge in [0, 0.05) is 74.6 Å². The van der Waals surface area contributed by atoms with Crippen molar-refractivity contribution >= 4 is 69.8 Å². The molecule has 0 unspecified atom stereocenters. The maximum Gasteiger partial charge on any atom is 0.243 e. The highest BCUT2D eigenvalue weighted by Gasteiger charge is 2.35. The van der Waals surface area contributed by atoms with Crippen LogP contribution in [-0.4, -0.2) is 114 Å². The molecule has 21 heteroatoms. The number of carbonyl (C=O) groups is 9. The van der Waals surface area contributed by atoms with Gasteiger partial charge in [0.2, 0.25) is 41.4 Å². The van der Waals surface area contributed by atoms with Crippen LogP contribution in [0.5, 0.6) is 0 Å². The fraction of sp³-hybridized carbons (Fsp3) is 0.510. The molecule has 3 aromatic rings. The van der Waals surface area contributed by atoms with Crippen LogP contribution in [-0.2, 0) is 56.0 Å². The van der Waals surface area contributed by atoms with E-state index in [2.05, 4.69) is 41.9 Å². The van der Waals surface area contributed by atoms with Crippen molar-refractivity contribution in [3.8, 4) is 0 Å². The van der Waals surface area contributed by atoms with E-state index >= 15 is 0 Å². The number of hydrogen-bond donors (Lipinski definition) is 11. The number of nitrogens with two attached hydrogens (primary N) is 4. The maximum absolute atomic E-state index is 14.5.